The van der Waals surface area contributed by atoms with Crippen molar-refractivity contribution in [3.05, 3.63) is 66.6 Å². The molecule has 1 aliphatic rings. The molecule has 4 rings (SSSR count). The van der Waals surface area contributed by atoms with Gasteiger partial charge in [-0.1, -0.05) is 12.1 Å². The molecule has 3 heterocycles. The Morgan fingerprint density at radius 3 is 2.71 bits per heavy atom. The number of amides is 1. The summed E-state index contributed by atoms with van der Waals surface area (Å²) < 4.78 is 1.92. The average molecular weight is 376 g/mol. The Labute approximate surface area is 164 Å². The zero-order valence-electron chi connectivity index (χ0n) is 15.7. The molecule has 0 radical (unpaired) electrons. The number of nitrogens with zero attached hydrogens (tertiary/aromatic N) is 4. The van der Waals surface area contributed by atoms with Gasteiger partial charge in [0.2, 0.25) is 0 Å². The Bertz CT molecular complexity index is 922. The van der Waals surface area contributed by atoms with Crippen LogP contribution in [0.2, 0.25) is 0 Å². The minimum Gasteiger partial charge on any atom is -0.506 e. The largest absolute Gasteiger partial charge is 0.506 e. The molecule has 0 bridgehead atoms. The number of carbonyl (C=O) groups is 1. The van der Waals surface area contributed by atoms with Gasteiger partial charge >= 0.3 is 0 Å². The maximum atomic E-state index is 13.1. The average Bonchev–Trinajstić information content (AvgIpc) is 3.26. The Morgan fingerprint density at radius 2 is 1.96 bits per heavy atom. The van der Waals surface area contributed by atoms with Gasteiger partial charge in [0.15, 0.2) is 0 Å². The third-order valence-corrected chi connectivity index (χ3v) is 5.33. The number of hydrogen-bond acceptors (Lipinski definition) is 4. The second kappa shape index (κ2) is 8.25. The molecule has 0 unspecified atom stereocenters. The molecule has 3 aromatic rings. The second-order valence-corrected chi connectivity index (χ2v) is 7.15. The lowest BCUT2D eigenvalue weighted by Gasteiger charge is -2.36. The molecule has 0 aliphatic carbocycles. The van der Waals surface area contributed by atoms with Crippen LogP contribution in [0, 0.1) is 0 Å². The predicted octanol–water partition coefficient (Wildman–Crippen LogP) is 3.74. The minimum absolute atomic E-state index is 0.0713. The number of aryl methyl sites for hydroxylation is 1. The fourth-order valence-electron chi connectivity index (χ4n) is 3.84. The highest BCUT2D eigenvalue weighted by Gasteiger charge is 2.27. The maximum absolute atomic E-state index is 13.1. The number of aromatic hydroxyl groups is 1. The lowest BCUT2D eigenvalue weighted by Crippen LogP contribution is -2.44. The van der Waals surface area contributed by atoms with Crippen LogP contribution in [0.3, 0.4) is 0 Å². The summed E-state index contributed by atoms with van der Waals surface area (Å²) in [6.07, 6.45) is 9.53. The van der Waals surface area contributed by atoms with Gasteiger partial charge in [0.1, 0.15) is 11.4 Å². The van der Waals surface area contributed by atoms with E-state index in [0.717, 1.165) is 44.3 Å². The first-order valence-electron chi connectivity index (χ1n) is 9.75. The van der Waals surface area contributed by atoms with Crippen LogP contribution >= 0.6 is 0 Å². The Kier molecular flexibility index (Phi) is 5.37. The fourth-order valence-corrected chi connectivity index (χ4v) is 3.84. The van der Waals surface area contributed by atoms with Crippen LogP contribution in [0.4, 0.5) is 0 Å². The summed E-state index contributed by atoms with van der Waals surface area (Å²) in [7, 11) is 0. The zero-order valence-corrected chi connectivity index (χ0v) is 15.7. The van der Waals surface area contributed by atoms with Gasteiger partial charge in [0, 0.05) is 48.8 Å². The third-order valence-electron chi connectivity index (χ3n) is 5.33. The van der Waals surface area contributed by atoms with E-state index in [1.807, 2.05) is 46.1 Å². The predicted molar refractivity (Wildman–Crippen MR) is 107 cm³/mol. The molecule has 0 spiro atoms. The topological polar surface area (TPSA) is 71.2 Å². The molecule has 1 aromatic carbocycles. The van der Waals surface area contributed by atoms with Crippen molar-refractivity contribution < 1.29 is 9.90 Å². The van der Waals surface area contributed by atoms with E-state index in [1.165, 1.54) is 0 Å². The summed E-state index contributed by atoms with van der Waals surface area (Å²) in [5.41, 5.74) is 1.99. The lowest BCUT2D eigenvalue weighted by molar-refractivity contribution is 0.0594. The number of pyridine rings is 1. The SMILES string of the molecule is O=C(c1ccc(-c2ncccc2O)cc1)N1CCCC[C@@H]1CCn1cccn1. The van der Waals surface area contributed by atoms with E-state index in [0.29, 0.717) is 11.3 Å². The van der Waals surface area contributed by atoms with Crippen molar-refractivity contribution >= 4 is 5.91 Å². The number of aromatic nitrogens is 3. The smallest absolute Gasteiger partial charge is 0.254 e. The number of carbonyl (C=O) groups excluding carboxylic acids is 1. The summed E-state index contributed by atoms with van der Waals surface area (Å²) >= 11 is 0. The molecule has 1 fully saturated rings. The van der Waals surface area contributed by atoms with Gasteiger partial charge in [0.05, 0.1) is 0 Å². The summed E-state index contributed by atoms with van der Waals surface area (Å²) in [4.78, 5) is 19.4. The van der Waals surface area contributed by atoms with Gasteiger partial charge < -0.3 is 10.0 Å². The van der Waals surface area contributed by atoms with Gasteiger partial charge in [-0.3, -0.25) is 14.5 Å². The van der Waals surface area contributed by atoms with E-state index in [1.54, 1.807) is 24.5 Å². The van der Waals surface area contributed by atoms with Crippen molar-refractivity contribution in [2.45, 2.75) is 38.3 Å². The first kappa shape index (κ1) is 18.2. The molecule has 144 valence electrons. The molecule has 28 heavy (non-hydrogen) atoms. The third kappa shape index (κ3) is 3.91. The summed E-state index contributed by atoms with van der Waals surface area (Å²) in [5.74, 6) is 0.207. The molecule has 1 amide bonds. The van der Waals surface area contributed by atoms with E-state index in [2.05, 4.69) is 10.1 Å². The Hall–Kier alpha value is -3.15. The highest BCUT2D eigenvalue weighted by molar-refractivity contribution is 5.95. The van der Waals surface area contributed by atoms with E-state index < -0.39 is 0 Å². The maximum Gasteiger partial charge on any atom is 0.254 e. The Balaban J connectivity index is 1.48. The highest BCUT2D eigenvalue weighted by atomic mass is 16.3. The van der Waals surface area contributed by atoms with Gasteiger partial charge in [-0.2, -0.15) is 5.10 Å². The standard InChI is InChI=1S/C22H24N4O2/c27-20-6-3-12-23-21(20)17-7-9-18(10-8-17)22(28)26-15-2-1-5-19(26)11-16-25-14-4-13-24-25/h3-4,6-10,12-14,19,27H,1-2,5,11,15-16H2/t19-/m1/s1. The number of piperidine rings is 1. The summed E-state index contributed by atoms with van der Waals surface area (Å²) in [6, 6.07) is 12.8. The van der Waals surface area contributed by atoms with Crippen LogP contribution in [0.25, 0.3) is 11.3 Å². The highest BCUT2D eigenvalue weighted by Crippen LogP contribution is 2.27. The van der Waals surface area contributed by atoms with Crippen LogP contribution in [-0.2, 0) is 6.54 Å². The first-order valence-corrected chi connectivity index (χ1v) is 9.75. The normalized spacial score (nSPS) is 16.9. The van der Waals surface area contributed by atoms with E-state index >= 15 is 0 Å². The molecular weight excluding hydrogens is 352 g/mol. The van der Waals surface area contributed by atoms with Crippen molar-refractivity contribution in [1.82, 2.24) is 19.7 Å². The number of hydrogen-bond donors (Lipinski definition) is 1. The molecule has 6 heteroatoms. The second-order valence-electron chi connectivity index (χ2n) is 7.15. The summed E-state index contributed by atoms with van der Waals surface area (Å²) in [5, 5.41) is 14.2. The number of rotatable bonds is 5. The van der Waals surface area contributed by atoms with Crippen LogP contribution in [0.5, 0.6) is 5.75 Å². The fraction of sp³-hybridized carbons (Fsp3) is 0.318. The monoisotopic (exact) mass is 376 g/mol. The van der Waals surface area contributed by atoms with E-state index in [4.69, 9.17) is 0 Å². The molecule has 1 N–H and O–H groups in total. The van der Waals surface area contributed by atoms with Gasteiger partial charge in [-0.05, 0) is 56.0 Å². The molecule has 1 aliphatic heterocycles. The van der Waals surface area contributed by atoms with Crippen LogP contribution in [0.15, 0.2) is 61.1 Å². The molecular formula is C22H24N4O2. The van der Waals surface area contributed by atoms with Gasteiger partial charge in [0.25, 0.3) is 5.91 Å². The first-order chi connectivity index (χ1) is 13.7. The molecule has 6 nitrogen and oxygen atoms in total. The number of benzene rings is 1. The molecule has 0 saturated carbocycles. The molecule has 1 saturated heterocycles. The number of likely N-dealkylation sites (tertiary alicyclic amines) is 1. The quantitative estimate of drug-likeness (QED) is 0.736. The van der Waals surface area contributed by atoms with Gasteiger partial charge in [-0.25, -0.2) is 0 Å². The zero-order chi connectivity index (χ0) is 19.3. The minimum atomic E-state index is 0.0713. The van der Waals surface area contributed by atoms with E-state index in [9.17, 15) is 9.90 Å². The molecule has 2 aromatic heterocycles. The summed E-state index contributed by atoms with van der Waals surface area (Å²) in [6.45, 7) is 1.62. The van der Waals surface area contributed by atoms with E-state index in [-0.39, 0.29) is 17.7 Å². The van der Waals surface area contributed by atoms with Gasteiger partial charge in [-0.15, -0.1) is 0 Å². The Morgan fingerprint density at radius 1 is 1.11 bits per heavy atom. The van der Waals surface area contributed by atoms with Crippen molar-refractivity contribution in [2.75, 3.05) is 6.54 Å². The van der Waals surface area contributed by atoms with Crippen LogP contribution < -0.4 is 0 Å². The van der Waals surface area contributed by atoms with Crippen molar-refractivity contribution in [3.8, 4) is 17.0 Å². The van der Waals surface area contributed by atoms with Crippen LogP contribution in [0.1, 0.15) is 36.0 Å². The molecule has 1 atom stereocenters. The lowest BCUT2D eigenvalue weighted by atomic mass is 9.97. The van der Waals surface area contributed by atoms with Crippen molar-refractivity contribution in [3.63, 3.8) is 0 Å². The van der Waals surface area contributed by atoms with Crippen molar-refractivity contribution in [1.29, 1.82) is 0 Å². The van der Waals surface area contributed by atoms with Crippen LogP contribution in [-0.4, -0.2) is 43.3 Å². The van der Waals surface area contributed by atoms with Crippen molar-refractivity contribution in [2.24, 2.45) is 0 Å².